The van der Waals surface area contributed by atoms with E-state index in [1.807, 2.05) is 49.4 Å². The second kappa shape index (κ2) is 8.47. The lowest BCUT2D eigenvalue weighted by Crippen LogP contribution is -2.17. The molecule has 3 rings (SSSR count). The lowest BCUT2D eigenvalue weighted by atomic mass is 9.78. The summed E-state index contributed by atoms with van der Waals surface area (Å²) in [6, 6.07) is 15.2. The summed E-state index contributed by atoms with van der Waals surface area (Å²) in [5.74, 6) is 0.776. The number of phenolic OH excluding ortho intramolecular Hbond substituents is 1. The molecule has 0 saturated heterocycles. The fourth-order valence-electron chi connectivity index (χ4n) is 4.04. The average Bonchev–Trinajstić information content (AvgIpc) is 2.66. The first kappa shape index (κ1) is 19.9. The van der Waals surface area contributed by atoms with Crippen molar-refractivity contribution >= 4 is 17.2 Å². The van der Waals surface area contributed by atoms with Crippen LogP contribution in [0.4, 0.5) is 5.69 Å². The molecule has 0 saturated carbocycles. The van der Waals surface area contributed by atoms with Crippen molar-refractivity contribution in [2.24, 2.45) is 5.92 Å². The van der Waals surface area contributed by atoms with Gasteiger partial charge in [0.15, 0.2) is 0 Å². The number of aromatic hydroxyl groups is 1. The van der Waals surface area contributed by atoms with Crippen LogP contribution in [-0.2, 0) is 11.2 Å². The van der Waals surface area contributed by atoms with Gasteiger partial charge in [-0.15, -0.1) is 0 Å². The van der Waals surface area contributed by atoms with Crippen LogP contribution in [-0.4, -0.2) is 11.0 Å². The minimum atomic E-state index is -0.0572. The predicted molar refractivity (Wildman–Crippen MR) is 116 cm³/mol. The number of fused-ring (bicyclic) bond motifs is 1. The number of carbonyl (C=O) groups is 1. The van der Waals surface area contributed by atoms with E-state index < -0.39 is 0 Å². The van der Waals surface area contributed by atoms with Crippen molar-refractivity contribution in [2.75, 3.05) is 5.32 Å². The summed E-state index contributed by atoms with van der Waals surface area (Å²) in [4.78, 5) is 12.9. The Morgan fingerprint density at radius 3 is 2.46 bits per heavy atom. The van der Waals surface area contributed by atoms with Gasteiger partial charge in [0.1, 0.15) is 5.75 Å². The molecule has 28 heavy (non-hydrogen) atoms. The van der Waals surface area contributed by atoms with Crippen molar-refractivity contribution in [3.63, 3.8) is 0 Å². The van der Waals surface area contributed by atoms with Gasteiger partial charge < -0.3 is 10.4 Å². The number of hydrogen-bond donors (Lipinski definition) is 2. The van der Waals surface area contributed by atoms with Crippen molar-refractivity contribution in [2.45, 2.75) is 47.0 Å². The smallest absolute Gasteiger partial charge is 0.251 e. The van der Waals surface area contributed by atoms with Gasteiger partial charge in [-0.2, -0.15) is 0 Å². The molecule has 2 aromatic carbocycles. The fourth-order valence-corrected chi connectivity index (χ4v) is 4.04. The molecule has 3 heteroatoms. The number of allylic oxidation sites excluding steroid dienone is 3. The highest BCUT2D eigenvalue weighted by Gasteiger charge is 2.25. The highest BCUT2D eigenvalue weighted by atomic mass is 16.3. The van der Waals surface area contributed by atoms with Crippen molar-refractivity contribution in [1.82, 2.24) is 0 Å². The number of carbonyl (C=O) groups excluding carboxylic acids is 1. The normalized spacial score (nSPS) is 17.2. The van der Waals surface area contributed by atoms with E-state index in [-0.39, 0.29) is 5.91 Å². The largest absolute Gasteiger partial charge is 0.508 e. The van der Waals surface area contributed by atoms with Gasteiger partial charge in [-0.1, -0.05) is 43.7 Å². The third kappa shape index (κ3) is 4.36. The predicted octanol–water partition coefficient (Wildman–Crippen LogP) is 6.11. The Morgan fingerprint density at radius 1 is 1.07 bits per heavy atom. The van der Waals surface area contributed by atoms with Crippen molar-refractivity contribution in [1.29, 1.82) is 0 Å². The SMILES string of the molecule is CC(CC(C)C)=C1/C(=C(\C)C(=O)Nc2ccccc2)CCc2cc(O)ccc21. The molecule has 3 nitrogen and oxygen atoms in total. The summed E-state index contributed by atoms with van der Waals surface area (Å²) in [5.41, 5.74) is 7.45. The van der Waals surface area contributed by atoms with Gasteiger partial charge >= 0.3 is 0 Å². The first-order valence-corrected chi connectivity index (χ1v) is 9.95. The lowest BCUT2D eigenvalue weighted by Gasteiger charge is -2.27. The minimum absolute atomic E-state index is 0.0572. The third-order valence-electron chi connectivity index (χ3n) is 5.27. The maximum Gasteiger partial charge on any atom is 0.251 e. The van der Waals surface area contributed by atoms with Gasteiger partial charge in [0, 0.05) is 11.3 Å². The molecule has 0 heterocycles. The topological polar surface area (TPSA) is 49.3 Å². The average molecular weight is 376 g/mol. The van der Waals surface area contributed by atoms with E-state index in [1.54, 1.807) is 6.07 Å². The van der Waals surface area contributed by atoms with E-state index in [1.165, 1.54) is 11.1 Å². The fraction of sp³-hybridized carbons (Fsp3) is 0.320. The van der Waals surface area contributed by atoms with Crippen LogP contribution >= 0.6 is 0 Å². The molecule has 0 radical (unpaired) electrons. The monoisotopic (exact) mass is 375 g/mol. The van der Waals surface area contributed by atoms with Gasteiger partial charge in [0.25, 0.3) is 5.91 Å². The summed E-state index contributed by atoms with van der Waals surface area (Å²) >= 11 is 0. The van der Waals surface area contributed by atoms with Gasteiger partial charge in [0.2, 0.25) is 0 Å². The zero-order chi connectivity index (χ0) is 20.3. The van der Waals surface area contributed by atoms with E-state index in [9.17, 15) is 9.90 Å². The van der Waals surface area contributed by atoms with E-state index in [0.717, 1.165) is 47.2 Å². The Morgan fingerprint density at radius 2 is 1.79 bits per heavy atom. The second-order valence-corrected chi connectivity index (χ2v) is 8.02. The first-order chi connectivity index (χ1) is 13.4. The summed E-state index contributed by atoms with van der Waals surface area (Å²) < 4.78 is 0. The summed E-state index contributed by atoms with van der Waals surface area (Å²) in [6.45, 7) is 8.51. The second-order valence-electron chi connectivity index (χ2n) is 8.02. The van der Waals surface area contributed by atoms with E-state index in [4.69, 9.17) is 0 Å². The van der Waals surface area contributed by atoms with Crippen molar-refractivity contribution in [3.8, 4) is 5.75 Å². The molecule has 0 fully saturated rings. The van der Waals surface area contributed by atoms with Gasteiger partial charge in [-0.25, -0.2) is 0 Å². The van der Waals surface area contributed by atoms with E-state index >= 15 is 0 Å². The summed E-state index contributed by atoms with van der Waals surface area (Å²) in [7, 11) is 0. The van der Waals surface area contributed by atoms with Crippen LogP contribution in [0.25, 0.3) is 5.57 Å². The number of amides is 1. The lowest BCUT2D eigenvalue weighted by molar-refractivity contribution is -0.112. The molecule has 0 bridgehead atoms. The highest BCUT2D eigenvalue weighted by molar-refractivity contribution is 6.06. The molecule has 1 aliphatic rings. The van der Waals surface area contributed by atoms with Gasteiger partial charge in [-0.05, 0) is 85.6 Å². The summed E-state index contributed by atoms with van der Waals surface area (Å²) in [5, 5.41) is 12.9. The highest BCUT2D eigenvalue weighted by Crippen LogP contribution is 2.41. The molecular weight excluding hydrogens is 346 g/mol. The Balaban J connectivity index is 2.06. The van der Waals surface area contributed by atoms with Crippen LogP contribution < -0.4 is 5.32 Å². The number of aryl methyl sites for hydroxylation is 1. The molecule has 0 atom stereocenters. The molecule has 2 aromatic rings. The molecule has 146 valence electrons. The maximum atomic E-state index is 12.9. The number of anilines is 1. The van der Waals surface area contributed by atoms with Crippen LogP contribution in [0.1, 0.15) is 51.7 Å². The zero-order valence-corrected chi connectivity index (χ0v) is 17.2. The Hall–Kier alpha value is -2.81. The molecule has 0 aromatic heterocycles. The van der Waals surface area contributed by atoms with Crippen LogP contribution in [0.5, 0.6) is 5.75 Å². The Kier molecular flexibility index (Phi) is 6.03. The number of benzene rings is 2. The van der Waals surface area contributed by atoms with Gasteiger partial charge in [-0.3, -0.25) is 4.79 Å². The van der Waals surface area contributed by atoms with Crippen molar-refractivity contribution < 1.29 is 9.90 Å². The molecule has 0 spiro atoms. The van der Waals surface area contributed by atoms with E-state index in [2.05, 4.69) is 26.1 Å². The van der Waals surface area contributed by atoms with Crippen LogP contribution in [0.15, 0.2) is 65.3 Å². The van der Waals surface area contributed by atoms with Crippen LogP contribution in [0.2, 0.25) is 0 Å². The Bertz CT molecular complexity index is 936. The third-order valence-corrected chi connectivity index (χ3v) is 5.27. The van der Waals surface area contributed by atoms with Crippen LogP contribution in [0.3, 0.4) is 0 Å². The first-order valence-electron chi connectivity index (χ1n) is 9.95. The number of para-hydroxylation sites is 1. The number of nitrogens with one attached hydrogen (secondary N) is 1. The van der Waals surface area contributed by atoms with E-state index in [0.29, 0.717) is 11.7 Å². The summed E-state index contributed by atoms with van der Waals surface area (Å²) in [6.07, 6.45) is 2.61. The van der Waals surface area contributed by atoms with Crippen LogP contribution in [0, 0.1) is 5.92 Å². The molecule has 1 aliphatic carbocycles. The zero-order valence-electron chi connectivity index (χ0n) is 17.2. The Labute approximate surface area is 167 Å². The molecular formula is C25H29NO2. The maximum absolute atomic E-state index is 12.9. The number of phenols is 1. The quantitative estimate of drug-likeness (QED) is 0.633. The molecule has 2 N–H and O–H groups in total. The van der Waals surface area contributed by atoms with Crippen molar-refractivity contribution in [3.05, 3.63) is 76.4 Å². The number of rotatable bonds is 4. The molecule has 0 aliphatic heterocycles. The molecule has 0 unspecified atom stereocenters. The minimum Gasteiger partial charge on any atom is -0.508 e. The standard InChI is InChI=1S/C25H29NO2/c1-16(2)14-17(3)24-22(12-10-19-15-21(27)11-13-23(19)24)18(4)25(28)26-20-8-6-5-7-9-20/h5-9,11,13,15-16,27H,10,12,14H2,1-4H3,(H,26,28)/b22-18+,24-17?. The number of hydrogen-bond acceptors (Lipinski definition) is 2. The molecule has 1 amide bonds. The van der Waals surface area contributed by atoms with Gasteiger partial charge in [0.05, 0.1) is 0 Å².